The van der Waals surface area contributed by atoms with Gasteiger partial charge in [0.2, 0.25) is 0 Å². The minimum Gasteiger partial charge on any atom is -0.388 e. The maximum Gasteiger partial charge on any atom is 0.0833 e. The molecule has 1 N–H and O–H groups in total. The second-order valence-corrected chi connectivity index (χ2v) is 6.60. The van der Waals surface area contributed by atoms with Crippen LogP contribution in [0.3, 0.4) is 0 Å². The van der Waals surface area contributed by atoms with Crippen molar-refractivity contribution in [3.05, 3.63) is 34.9 Å². The molecule has 1 heterocycles. The molecule has 0 bridgehead atoms. The molecule has 1 aliphatic heterocycles. The lowest BCUT2D eigenvalue weighted by molar-refractivity contribution is -0.0372. The Morgan fingerprint density at radius 3 is 2.48 bits per heavy atom. The van der Waals surface area contributed by atoms with Crippen LogP contribution >= 0.6 is 11.6 Å². The number of aliphatic hydroxyl groups is 1. The molecule has 4 heteroatoms. The van der Waals surface area contributed by atoms with E-state index in [0.29, 0.717) is 12.0 Å². The quantitative estimate of drug-likeness (QED) is 0.930. The summed E-state index contributed by atoms with van der Waals surface area (Å²) < 4.78 is 5.47. The Kier molecular flexibility index (Phi) is 5.17. The van der Waals surface area contributed by atoms with E-state index in [1.807, 2.05) is 24.3 Å². The Morgan fingerprint density at radius 2 is 1.76 bits per heavy atom. The summed E-state index contributed by atoms with van der Waals surface area (Å²) in [6.07, 6.45) is 4.39. The van der Waals surface area contributed by atoms with E-state index < -0.39 is 6.10 Å². The molecule has 21 heavy (non-hydrogen) atoms. The maximum absolute atomic E-state index is 10.8. The fraction of sp³-hybridized carbons (Fsp3) is 0.647. The molecule has 0 aromatic heterocycles. The van der Waals surface area contributed by atoms with Crippen molar-refractivity contribution in [2.24, 2.45) is 5.92 Å². The smallest absolute Gasteiger partial charge is 0.0833 e. The fourth-order valence-electron chi connectivity index (χ4n) is 3.78. The van der Waals surface area contributed by atoms with Gasteiger partial charge in [-0.3, -0.25) is 4.90 Å². The van der Waals surface area contributed by atoms with Crippen molar-refractivity contribution in [3.8, 4) is 0 Å². The molecule has 116 valence electrons. The zero-order valence-electron chi connectivity index (χ0n) is 12.4. The molecule has 3 nitrogen and oxygen atoms in total. The molecule has 0 unspecified atom stereocenters. The third kappa shape index (κ3) is 3.59. The molecular formula is C17H24ClNO2. The van der Waals surface area contributed by atoms with E-state index in [4.69, 9.17) is 16.3 Å². The lowest BCUT2D eigenvalue weighted by Gasteiger charge is -2.43. The third-order valence-electron chi connectivity index (χ3n) is 4.91. The summed E-state index contributed by atoms with van der Waals surface area (Å²) in [5.41, 5.74) is 0.990. The first-order chi connectivity index (χ1) is 10.3. The fourth-order valence-corrected chi connectivity index (χ4v) is 3.90. The van der Waals surface area contributed by atoms with Crippen LogP contribution in [0.1, 0.15) is 37.4 Å². The summed E-state index contributed by atoms with van der Waals surface area (Å²) in [7, 11) is 0. The molecular weight excluding hydrogens is 286 g/mol. The Hall–Kier alpha value is -0.610. The van der Waals surface area contributed by atoms with Gasteiger partial charge in [0.05, 0.1) is 19.3 Å². The van der Waals surface area contributed by atoms with Gasteiger partial charge in [0.15, 0.2) is 0 Å². The molecule has 0 spiro atoms. The number of halogens is 1. The highest BCUT2D eigenvalue weighted by molar-refractivity contribution is 6.30. The van der Waals surface area contributed by atoms with Crippen LogP contribution in [0.4, 0.5) is 0 Å². The topological polar surface area (TPSA) is 32.7 Å². The summed E-state index contributed by atoms with van der Waals surface area (Å²) >= 11 is 5.95. The van der Waals surface area contributed by atoms with E-state index >= 15 is 0 Å². The zero-order valence-corrected chi connectivity index (χ0v) is 13.1. The molecule has 3 atom stereocenters. The van der Waals surface area contributed by atoms with Gasteiger partial charge in [-0.2, -0.15) is 0 Å². The first-order valence-corrected chi connectivity index (χ1v) is 8.39. The van der Waals surface area contributed by atoms with E-state index in [-0.39, 0.29) is 0 Å². The van der Waals surface area contributed by atoms with Crippen molar-refractivity contribution < 1.29 is 9.84 Å². The predicted octanol–water partition coefficient (Wildman–Crippen LogP) is 3.26. The van der Waals surface area contributed by atoms with Crippen LogP contribution in [-0.2, 0) is 4.74 Å². The number of hydrogen-bond acceptors (Lipinski definition) is 3. The summed E-state index contributed by atoms with van der Waals surface area (Å²) in [4.78, 5) is 2.52. The highest BCUT2D eigenvalue weighted by Gasteiger charge is 2.35. The molecule has 0 amide bonds. The minimum absolute atomic E-state index is 0.318. The van der Waals surface area contributed by atoms with E-state index in [9.17, 15) is 5.11 Å². The van der Waals surface area contributed by atoms with Crippen LogP contribution in [0, 0.1) is 5.92 Å². The lowest BCUT2D eigenvalue weighted by atomic mass is 9.78. The number of rotatable bonds is 3. The van der Waals surface area contributed by atoms with Gasteiger partial charge in [-0.25, -0.2) is 0 Å². The summed E-state index contributed by atoms with van der Waals surface area (Å²) in [5.74, 6) is 0.318. The van der Waals surface area contributed by atoms with Crippen molar-refractivity contribution in [1.82, 2.24) is 4.90 Å². The largest absolute Gasteiger partial charge is 0.388 e. The van der Waals surface area contributed by atoms with Crippen LogP contribution in [-0.4, -0.2) is 42.4 Å². The summed E-state index contributed by atoms with van der Waals surface area (Å²) in [6.45, 7) is 3.63. The highest BCUT2D eigenvalue weighted by Crippen LogP contribution is 2.37. The molecule has 0 radical (unpaired) electrons. The number of benzene rings is 1. The number of morpholine rings is 1. The molecule has 1 aromatic rings. The van der Waals surface area contributed by atoms with Gasteiger partial charge in [-0.1, -0.05) is 36.6 Å². The number of hydrogen-bond donors (Lipinski definition) is 1. The molecule has 2 fully saturated rings. The molecule has 2 aliphatic rings. The maximum atomic E-state index is 10.8. The molecule has 3 rings (SSSR count). The Morgan fingerprint density at radius 1 is 1.10 bits per heavy atom. The number of nitrogens with zero attached hydrogens (tertiary/aromatic N) is 1. The van der Waals surface area contributed by atoms with Crippen molar-refractivity contribution in [3.63, 3.8) is 0 Å². The SMILES string of the molecule is O[C@H](c1ccc(Cl)cc1)[C@@H]1CCCC[C@H]1N1CCOCC1. The minimum atomic E-state index is -0.393. The zero-order chi connectivity index (χ0) is 14.7. The van der Waals surface area contributed by atoms with E-state index in [1.165, 1.54) is 19.3 Å². The normalized spacial score (nSPS) is 29.2. The molecule has 1 saturated heterocycles. The van der Waals surface area contributed by atoms with Gasteiger partial charge in [-0.05, 0) is 30.5 Å². The Bertz CT molecular complexity index is 445. The highest BCUT2D eigenvalue weighted by atomic mass is 35.5. The molecule has 1 saturated carbocycles. The third-order valence-corrected chi connectivity index (χ3v) is 5.17. The summed E-state index contributed by atoms with van der Waals surface area (Å²) in [6, 6.07) is 8.13. The molecule has 1 aromatic carbocycles. The van der Waals surface area contributed by atoms with Crippen molar-refractivity contribution >= 4 is 11.6 Å². The van der Waals surface area contributed by atoms with Crippen LogP contribution in [0.2, 0.25) is 5.02 Å². The van der Waals surface area contributed by atoms with Gasteiger partial charge in [-0.15, -0.1) is 0 Å². The second kappa shape index (κ2) is 7.10. The van der Waals surface area contributed by atoms with Crippen molar-refractivity contribution in [2.75, 3.05) is 26.3 Å². The average molecular weight is 310 g/mol. The van der Waals surface area contributed by atoms with Gasteiger partial charge in [0.1, 0.15) is 0 Å². The number of aliphatic hydroxyl groups excluding tert-OH is 1. The van der Waals surface area contributed by atoms with Gasteiger partial charge >= 0.3 is 0 Å². The standard InChI is InChI=1S/C17H24ClNO2/c18-14-7-5-13(6-8-14)17(20)15-3-1-2-4-16(15)19-9-11-21-12-10-19/h5-8,15-17,20H,1-4,9-12H2/t15-,16-,17-/m1/s1. The van der Waals surface area contributed by atoms with Gasteiger partial charge < -0.3 is 9.84 Å². The first kappa shape index (κ1) is 15.3. The van der Waals surface area contributed by atoms with Crippen LogP contribution in [0.5, 0.6) is 0 Å². The number of ether oxygens (including phenoxy) is 1. The van der Waals surface area contributed by atoms with Crippen molar-refractivity contribution in [1.29, 1.82) is 0 Å². The Balaban J connectivity index is 1.74. The van der Waals surface area contributed by atoms with E-state index in [1.54, 1.807) is 0 Å². The van der Waals surface area contributed by atoms with Gasteiger partial charge in [0, 0.05) is 30.1 Å². The van der Waals surface area contributed by atoms with Crippen LogP contribution in [0.15, 0.2) is 24.3 Å². The van der Waals surface area contributed by atoms with E-state index in [2.05, 4.69) is 4.90 Å². The summed E-state index contributed by atoms with van der Waals surface area (Å²) in [5, 5.41) is 11.6. The first-order valence-electron chi connectivity index (χ1n) is 8.01. The van der Waals surface area contributed by atoms with Crippen molar-refractivity contribution in [2.45, 2.75) is 37.8 Å². The molecule has 1 aliphatic carbocycles. The van der Waals surface area contributed by atoms with E-state index in [0.717, 1.165) is 43.3 Å². The van der Waals surface area contributed by atoms with Gasteiger partial charge in [0.25, 0.3) is 0 Å². The van der Waals surface area contributed by atoms with Crippen LogP contribution in [0.25, 0.3) is 0 Å². The lowest BCUT2D eigenvalue weighted by Crippen LogP contribution is -2.49. The monoisotopic (exact) mass is 309 g/mol. The van der Waals surface area contributed by atoms with Crippen LogP contribution < -0.4 is 0 Å². The Labute approximate surface area is 131 Å². The average Bonchev–Trinajstić information content (AvgIpc) is 2.56. The second-order valence-electron chi connectivity index (χ2n) is 6.16. The predicted molar refractivity (Wildman–Crippen MR) is 84.5 cm³/mol.